The fraction of sp³-hybridized carbons (Fsp3) is 0.190. The minimum absolute atomic E-state index is 0.0884. The number of alkyl halides is 3. The molecule has 0 heterocycles. The summed E-state index contributed by atoms with van der Waals surface area (Å²) < 4.78 is 39.9. The second-order valence-corrected chi connectivity index (χ2v) is 7.06. The van der Waals surface area contributed by atoms with Crippen LogP contribution in [0.1, 0.15) is 51.1 Å². The van der Waals surface area contributed by atoms with Gasteiger partial charge in [0.1, 0.15) is 0 Å². The van der Waals surface area contributed by atoms with Crippen molar-refractivity contribution >= 4 is 34.9 Å². The first-order chi connectivity index (χ1) is 14.1. The van der Waals surface area contributed by atoms with Gasteiger partial charge in [-0.1, -0.05) is 29.8 Å². The Morgan fingerprint density at radius 3 is 2.27 bits per heavy atom. The van der Waals surface area contributed by atoms with Crippen LogP contribution in [0.4, 0.5) is 13.2 Å². The Labute approximate surface area is 174 Å². The van der Waals surface area contributed by atoms with Gasteiger partial charge in [0, 0.05) is 11.4 Å². The third-order valence-corrected chi connectivity index (χ3v) is 5.04. The van der Waals surface area contributed by atoms with Crippen LogP contribution in [0.15, 0.2) is 53.0 Å². The van der Waals surface area contributed by atoms with Crippen molar-refractivity contribution in [2.45, 2.75) is 25.4 Å². The van der Waals surface area contributed by atoms with Crippen molar-refractivity contribution in [3.05, 3.63) is 75.3 Å². The Bertz CT molecular complexity index is 1070. The molecule has 3 rings (SSSR count). The first-order valence-electron chi connectivity index (χ1n) is 8.90. The van der Waals surface area contributed by atoms with Gasteiger partial charge in [0.15, 0.2) is 0 Å². The molecule has 156 valence electrons. The van der Waals surface area contributed by atoms with Gasteiger partial charge in [-0.25, -0.2) is 9.79 Å². The Kier molecular flexibility index (Phi) is 5.98. The van der Waals surface area contributed by atoms with Crippen molar-refractivity contribution in [1.29, 1.82) is 0 Å². The first kappa shape index (κ1) is 21.6. The zero-order chi connectivity index (χ0) is 22.1. The summed E-state index contributed by atoms with van der Waals surface area (Å²) in [5, 5.41) is 8.65. The summed E-state index contributed by atoms with van der Waals surface area (Å²) >= 11 is 5.88. The van der Waals surface area contributed by atoms with Crippen LogP contribution in [-0.4, -0.2) is 22.7 Å². The number of benzene rings is 2. The number of nitrogens with zero attached hydrogens (tertiary/aromatic N) is 1. The van der Waals surface area contributed by atoms with Crippen molar-refractivity contribution in [3.8, 4) is 0 Å². The van der Waals surface area contributed by atoms with E-state index in [-0.39, 0.29) is 10.6 Å². The average molecular weight is 437 g/mol. The lowest BCUT2D eigenvalue weighted by molar-refractivity contribution is -0.137. The van der Waals surface area contributed by atoms with Crippen LogP contribution in [0.25, 0.3) is 5.70 Å². The van der Waals surface area contributed by atoms with Crippen LogP contribution < -0.4 is 5.73 Å². The van der Waals surface area contributed by atoms with Gasteiger partial charge < -0.3 is 10.8 Å². The zero-order valence-corrected chi connectivity index (χ0v) is 16.2. The van der Waals surface area contributed by atoms with Gasteiger partial charge in [-0.3, -0.25) is 4.79 Å². The van der Waals surface area contributed by atoms with Gasteiger partial charge in [0.2, 0.25) is 0 Å². The lowest BCUT2D eigenvalue weighted by Gasteiger charge is -2.12. The summed E-state index contributed by atoms with van der Waals surface area (Å²) in [7, 11) is 0. The van der Waals surface area contributed by atoms with E-state index in [1.54, 1.807) is 0 Å². The first-order valence-corrected chi connectivity index (χ1v) is 9.27. The molecule has 1 amide bonds. The highest BCUT2D eigenvalue weighted by molar-refractivity contribution is 6.34. The van der Waals surface area contributed by atoms with Crippen LogP contribution in [0.3, 0.4) is 0 Å². The number of carbonyl (C=O) groups is 2. The number of aliphatic imine (C=N–C) groups is 1. The normalized spacial score (nSPS) is 17.3. The standard InChI is InChI=1S/C21H16ClF3N2O3/c22-15-5-2-4-14(21(23,24)25)17(15)19(28)27-16-6-1-3-13(16)18(26)11-7-9-12(10-8-11)20(29)30/h2,4-5,7-10H,1,3,6,26H2,(H,29,30)/b18-13-,27-16?. The quantitative estimate of drug-likeness (QED) is 0.692. The molecule has 9 heteroatoms. The number of hydrogen-bond donors (Lipinski definition) is 2. The number of rotatable bonds is 3. The molecule has 0 radical (unpaired) electrons. The molecular weight excluding hydrogens is 421 g/mol. The highest BCUT2D eigenvalue weighted by Crippen LogP contribution is 2.36. The van der Waals surface area contributed by atoms with Crippen molar-refractivity contribution in [3.63, 3.8) is 0 Å². The Morgan fingerprint density at radius 2 is 1.67 bits per heavy atom. The highest BCUT2D eigenvalue weighted by Gasteiger charge is 2.36. The highest BCUT2D eigenvalue weighted by atomic mass is 35.5. The van der Waals surface area contributed by atoms with Crippen molar-refractivity contribution in [2.24, 2.45) is 10.7 Å². The molecule has 0 unspecified atom stereocenters. The van der Waals surface area contributed by atoms with Crippen LogP contribution in [0, 0.1) is 0 Å². The Hall–Kier alpha value is -3.13. The summed E-state index contributed by atoms with van der Waals surface area (Å²) in [6.45, 7) is 0. The predicted octanol–water partition coefficient (Wildman–Crippen LogP) is 5.19. The van der Waals surface area contributed by atoms with Crippen molar-refractivity contribution in [2.75, 3.05) is 0 Å². The summed E-state index contributed by atoms with van der Waals surface area (Å²) in [6.07, 6.45) is -3.26. The number of hydrogen-bond acceptors (Lipinski definition) is 3. The zero-order valence-electron chi connectivity index (χ0n) is 15.5. The fourth-order valence-electron chi connectivity index (χ4n) is 3.26. The number of amides is 1. The molecule has 0 atom stereocenters. The van der Waals surface area contributed by atoms with Gasteiger partial charge in [0.05, 0.1) is 21.7 Å². The molecule has 30 heavy (non-hydrogen) atoms. The summed E-state index contributed by atoms with van der Waals surface area (Å²) in [6, 6.07) is 8.94. The van der Waals surface area contributed by atoms with E-state index in [1.807, 2.05) is 0 Å². The molecule has 2 aromatic carbocycles. The summed E-state index contributed by atoms with van der Waals surface area (Å²) in [5.74, 6) is -2.17. The van der Waals surface area contributed by atoms with E-state index in [1.165, 1.54) is 30.3 Å². The van der Waals surface area contributed by atoms with E-state index < -0.39 is 29.2 Å². The maximum absolute atomic E-state index is 13.3. The van der Waals surface area contributed by atoms with E-state index in [4.69, 9.17) is 22.4 Å². The van der Waals surface area contributed by atoms with E-state index in [0.717, 1.165) is 12.1 Å². The monoisotopic (exact) mass is 436 g/mol. The van der Waals surface area contributed by atoms with Gasteiger partial charge in [0.25, 0.3) is 5.91 Å². The van der Waals surface area contributed by atoms with E-state index in [0.29, 0.717) is 41.8 Å². The minimum Gasteiger partial charge on any atom is -0.478 e. The molecule has 3 N–H and O–H groups in total. The third-order valence-electron chi connectivity index (χ3n) is 4.73. The second-order valence-electron chi connectivity index (χ2n) is 6.65. The van der Waals surface area contributed by atoms with Crippen molar-refractivity contribution < 1.29 is 27.9 Å². The fourth-order valence-corrected chi connectivity index (χ4v) is 3.52. The number of carbonyl (C=O) groups excluding carboxylic acids is 1. The van der Waals surface area contributed by atoms with Crippen molar-refractivity contribution in [1.82, 2.24) is 0 Å². The van der Waals surface area contributed by atoms with Crippen LogP contribution in [-0.2, 0) is 6.18 Å². The van der Waals surface area contributed by atoms with E-state index >= 15 is 0 Å². The SMILES string of the molecule is N/C(=C1/CCCC1=NC(=O)c1c(Cl)cccc1C(F)(F)F)c1ccc(C(=O)O)cc1. The van der Waals surface area contributed by atoms with Gasteiger partial charge in [-0.15, -0.1) is 0 Å². The molecule has 1 fully saturated rings. The van der Waals surface area contributed by atoms with Gasteiger partial charge >= 0.3 is 12.1 Å². The molecular formula is C21H16ClF3N2O3. The lowest BCUT2D eigenvalue weighted by atomic mass is 10.0. The molecule has 2 aromatic rings. The molecule has 0 aromatic heterocycles. The van der Waals surface area contributed by atoms with Crippen LogP contribution in [0.5, 0.6) is 0 Å². The molecule has 1 aliphatic rings. The molecule has 0 saturated heterocycles. The Balaban J connectivity index is 2.01. The topological polar surface area (TPSA) is 92.8 Å². The predicted molar refractivity (Wildman–Crippen MR) is 107 cm³/mol. The maximum Gasteiger partial charge on any atom is 0.417 e. The second kappa shape index (κ2) is 8.31. The minimum atomic E-state index is -4.75. The van der Waals surface area contributed by atoms with Crippen LogP contribution in [0.2, 0.25) is 5.02 Å². The van der Waals surface area contributed by atoms with Gasteiger partial charge in [-0.2, -0.15) is 13.2 Å². The molecule has 1 saturated carbocycles. The smallest absolute Gasteiger partial charge is 0.417 e. The number of nitrogens with two attached hydrogens (primary N) is 1. The molecule has 1 aliphatic carbocycles. The third kappa shape index (κ3) is 4.38. The average Bonchev–Trinajstić information content (AvgIpc) is 3.14. The maximum atomic E-state index is 13.3. The molecule has 5 nitrogen and oxygen atoms in total. The van der Waals surface area contributed by atoms with E-state index in [9.17, 15) is 22.8 Å². The number of aromatic carboxylic acids is 1. The molecule has 0 spiro atoms. The summed E-state index contributed by atoms with van der Waals surface area (Å²) in [4.78, 5) is 27.5. The lowest BCUT2D eigenvalue weighted by Crippen LogP contribution is -2.14. The number of allylic oxidation sites excluding steroid dienone is 1. The van der Waals surface area contributed by atoms with Gasteiger partial charge in [-0.05, 0) is 54.7 Å². The molecule has 0 bridgehead atoms. The number of halogens is 4. The largest absolute Gasteiger partial charge is 0.478 e. The van der Waals surface area contributed by atoms with Crippen LogP contribution >= 0.6 is 11.6 Å². The molecule has 0 aliphatic heterocycles. The number of carboxylic acid groups (broad SMARTS) is 1. The number of carboxylic acids is 1. The Morgan fingerprint density at radius 1 is 1.03 bits per heavy atom. The van der Waals surface area contributed by atoms with E-state index in [2.05, 4.69) is 4.99 Å². The summed E-state index contributed by atoms with van der Waals surface area (Å²) in [5.41, 5.74) is 6.11.